The maximum Gasteiger partial charge on any atom is 0.419 e. The van der Waals surface area contributed by atoms with Gasteiger partial charge in [-0.3, -0.25) is 4.79 Å². The fourth-order valence-electron chi connectivity index (χ4n) is 3.85. The lowest BCUT2D eigenvalue weighted by atomic mass is 9.72. The smallest absolute Gasteiger partial charge is 0.419 e. The van der Waals surface area contributed by atoms with Crippen molar-refractivity contribution in [2.24, 2.45) is 5.41 Å². The Labute approximate surface area is 186 Å². The number of carbonyl (C=O) groups is 2. The highest BCUT2D eigenvalue weighted by atomic mass is 16.4. The largest absolute Gasteiger partial charge is 0.464 e. The summed E-state index contributed by atoms with van der Waals surface area (Å²) >= 11 is 0. The van der Waals surface area contributed by atoms with E-state index in [0.29, 0.717) is 11.3 Å². The van der Waals surface area contributed by atoms with E-state index >= 15 is 0 Å². The molecule has 0 saturated carbocycles. The topological polar surface area (TPSA) is 57.6 Å². The molecule has 0 atom stereocenters. The molecular weight excluding hydrogens is 386 g/mol. The van der Waals surface area contributed by atoms with Crippen molar-refractivity contribution in [2.75, 3.05) is 4.90 Å². The van der Waals surface area contributed by atoms with E-state index in [1.165, 1.54) is 36.5 Å². The molecule has 1 aliphatic carbocycles. The van der Waals surface area contributed by atoms with Crippen LogP contribution in [0.2, 0.25) is 0 Å². The number of nitrogens with zero attached hydrogens (tertiary/aromatic N) is 1. The summed E-state index contributed by atoms with van der Waals surface area (Å²) in [6.07, 6.45) is 13.7. The molecule has 2 rings (SSSR count). The van der Waals surface area contributed by atoms with E-state index in [0.717, 1.165) is 10.5 Å². The number of allylic oxidation sites excluding steroid dienone is 9. The lowest BCUT2D eigenvalue weighted by molar-refractivity contribution is -0.113. The van der Waals surface area contributed by atoms with Gasteiger partial charge in [0, 0.05) is 6.08 Å². The van der Waals surface area contributed by atoms with Gasteiger partial charge in [-0.15, -0.1) is 0 Å². The predicted octanol–water partition coefficient (Wildman–Crippen LogP) is 7.23. The summed E-state index contributed by atoms with van der Waals surface area (Å²) < 4.78 is 0. The second-order valence-electron chi connectivity index (χ2n) is 8.71. The molecule has 0 unspecified atom stereocenters. The Kier molecular flexibility index (Phi) is 8.38. The molecule has 2 amide bonds. The van der Waals surface area contributed by atoms with Gasteiger partial charge in [-0.2, -0.15) is 0 Å². The molecule has 1 aromatic carbocycles. The van der Waals surface area contributed by atoms with Crippen molar-refractivity contribution in [3.63, 3.8) is 0 Å². The van der Waals surface area contributed by atoms with Gasteiger partial charge in [0.25, 0.3) is 5.91 Å². The summed E-state index contributed by atoms with van der Waals surface area (Å²) in [4.78, 5) is 24.7. The monoisotopic (exact) mass is 419 g/mol. The van der Waals surface area contributed by atoms with Crippen molar-refractivity contribution in [3.8, 4) is 0 Å². The zero-order chi connectivity index (χ0) is 23.0. The molecular formula is C27H33NO3. The Hall–Kier alpha value is -3.14. The number of benzene rings is 1. The van der Waals surface area contributed by atoms with Gasteiger partial charge in [0.1, 0.15) is 0 Å². The minimum Gasteiger partial charge on any atom is -0.464 e. The van der Waals surface area contributed by atoms with E-state index in [9.17, 15) is 14.7 Å². The quantitative estimate of drug-likeness (QED) is 0.391. The number of rotatable bonds is 6. The highest BCUT2D eigenvalue weighted by Crippen LogP contribution is 2.40. The van der Waals surface area contributed by atoms with Crippen molar-refractivity contribution < 1.29 is 14.7 Å². The predicted molar refractivity (Wildman–Crippen MR) is 128 cm³/mol. The van der Waals surface area contributed by atoms with Gasteiger partial charge in [0.15, 0.2) is 0 Å². The van der Waals surface area contributed by atoms with Gasteiger partial charge < -0.3 is 5.11 Å². The minimum atomic E-state index is -1.31. The number of anilines is 1. The minimum absolute atomic E-state index is 0.212. The number of carboxylic acid groups (broad SMARTS) is 1. The molecule has 0 aliphatic heterocycles. The van der Waals surface area contributed by atoms with Crippen LogP contribution in [0.3, 0.4) is 0 Å². The van der Waals surface area contributed by atoms with Gasteiger partial charge in [-0.05, 0) is 68.7 Å². The van der Waals surface area contributed by atoms with E-state index in [2.05, 4.69) is 32.9 Å². The second kappa shape index (κ2) is 10.8. The van der Waals surface area contributed by atoms with Crippen LogP contribution in [-0.2, 0) is 4.79 Å². The van der Waals surface area contributed by atoms with Crippen LogP contribution in [-0.4, -0.2) is 17.1 Å². The maximum atomic E-state index is 12.5. The summed E-state index contributed by atoms with van der Waals surface area (Å²) in [6, 6.07) is 8.35. The number of hydrogen-bond donors (Lipinski definition) is 1. The van der Waals surface area contributed by atoms with Crippen molar-refractivity contribution in [3.05, 3.63) is 89.1 Å². The van der Waals surface area contributed by atoms with Crippen molar-refractivity contribution >= 4 is 17.7 Å². The molecule has 0 radical (unpaired) electrons. The van der Waals surface area contributed by atoms with Gasteiger partial charge in [-0.25, -0.2) is 9.69 Å². The first-order chi connectivity index (χ1) is 14.6. The Morgan fingerprint density at radius 1 is 1.06 bits per heavy atom. The third-order valence-corrected chi connectivity index (χ3v) is 5.55. The van der Waals surface area contributed by atoms with Crippen LogP contribution in [0.15, 0.2) is 89.1 Å². The van der Waals surface area contributed by atoms with Crippen molar-refractivity contribution in [1.29, 1.82) is 0 Å². The average molecular weight is 420 g/mol. The molecule has 0 fully saturated rings. The molecule has 0 aromatic heterocycles. The zero-order valence-electron chi connectivity index (χ0n) is 19.2. The first-order valence-electron chi connectivity index (χ1n) is 10.7. The molecule has 0 bridgehead atoms. The number of imide groups is 1. The Balaban J connectivity index is 2.08. The summed E-state index contributed by atoms with van der Waals surface area (Å²) in [6.45, 7) is 10.6. The normalized spacial score (nSPS) is 17.5. The molecule has 4 heteroatoms. The van der Waals surface area contributed by atoms with Gasteiger partial charge in [-0.1, -0.05) is 73.6 Å². The standard InChI is InChI=1S/C27H33NO3/c1-20(16-17-24-22(3)13-10-18-27(24,4)5)11-9-12-21(2)19-25(29)28(26(30)31)23-14-7-6-8-15-23/h6-9,11-12,14-17,19H,10,13,18H2,1-5H3,(H,30,31)/b12-9+,17-16+,20-11+,21-19+. The Bertz CT molecular complexity index is 959. The van der Waals surface area contributed by atoms with Crippen molar-refractivity contribution in [2.45, 2.75) is 53.9 Å². The third-order valence-electron chi connectivity index (χ3n) is 5.55. The summed E-state index contributed by atoms with van der Waals surface area (Å²) in [5.41, 5.74) is 5.20. The van der Waals surface area contributed by atoms with Crippen LogP contribution in [0, 0.1) is 5.41 Å². The van der Waals surface area contributed by atoms with Gasteiger partial charge in [0.05, 0.1) is 5.69 Å². The highest BCUT2D eigenvalue weighted by molar-refractivity contribution is 6.16. The highest BCUT2D eigenvalue weighted by Gasteiger charge is 2.26. The molecule has 1 aliphatic rings. The molecule has 0 heterocycles. The molecule has 31 heavy (non-hydrogen) atoms. The second-order valence-corrected chi connectivity index (χ2v) is 8.71. The lowest BCUT2D eigenvalue weighted by Crippen LogP contribution is -2.34. The number of para-hydroxylation sites is 1. The van der Waals surface area contributed by atoms with E-state index in [1.807, 2.05) is 19.1 Å². The first-order valence-corrected chi connectivity index (χ1v) is 10.7. The van der Waals surface area contributed by atoms with Crippen molar-refractivity contribution in [1.82, 2.24) is 0 Å². The summed E-state index contributed by atoms with van der Waals surface area (Å²) in [5, 5.41) is 9.42. The summed E-state index contributed by atoms with van der Waals surface area (Å²) in [7, 11) is 0. The number of hydrogen-bond acceptors (Lipinski definition) is 2. The lowest BCUT2D eigenvalue weighted by Gasteiger charge is -2.32. The molecule has 4 nitrogen and oxygen atoms in total. The van der Waals surface area contributed by atoms with Crippen LogP contribution in [0.25, 0.3) is 0 Å². The fourth-order valence-corrected chi connectivity index (χ4v) is 3.85. The molecule has 1 aromatic rings. The fraction of sp³-hybridized carbons (Fsp3) is 0.333. The van der Waals surface area contributed by atoms with Gasteiger partial charge in [0.2, 0.25) is 0 Å². The zero-order valence-corrected chi connectivity index (χ0v) is 19.2. The first kappa shape index (κ1) is 24.1. The van der Waals surface area contributed by atoms with Crippen LogP contribution in [0.5, 0.6) is 0 Å². The van der Waals surface area contributed by atoms with E-state index in [-0.39, 0.29) is 5.41 Å². The van der Waals surface area contributed by atoms with E-state index in [1.54, 1.807) is 43.3 Å². The van der Waals surface area contributed by atoms with E-state index in [4.69, 9.17) is 0 Å². The maximum absolute atomic E-state index is 12.5. The Morgan fingerprint density at radius 3 is 2.35 bits per heavy atom. The molecule has 164 valence electrons. The number of carbonyl (C=O) groups excluding carboxylic acids is 1. The van der Waals surface area contributed by atoms with Crippen LogP contribution >= 0.6 is 0 Å². The van der Waals surface area contributed by atoms with Crippen LogP contribution < -0.4 is 4.90 Å². The Morgan fingerprint density at radius 2 is 1.74 bits per heavy atom. The van der Waals surface area contributed by atoms with Crippen LogP contribution in [0.4, 0.5) is 10.5 Å². The summed E-state index contributed by atoms with van der Waals surface area (Å²) in [5.74, 6) is -0.594. The third kappa shape index (κ3) is 6.95. The SMILES string of the molecule is CC1=C(/C=C/C(C)=C/C=C/C(C)=C/C(=O)N(C(=O)O)c2ccccc2)C(C)(C)CCC1. The van der Waals surface area contributed by atoms with E-state index < -0.39 is 12.0 Å². The molecule has 0 spiro atoms. The number of amides is 2. The average Bonchev–Trinajstić information content (AvgIpc) is 2.67. The van der Waals surface area contributed by atoms with Crippen LogP contribution in [0.1, 0.15) is 53.9 Å². The molecule has 1 N–H and O–H groups in total. The molecule has 0 saturated heterocycles. The van der Waals surface area contributed by atoms with Gasteiger partial charge >= 0.3 is 6.09 Å².